The first-order chi connectivity index (χ1) is 6.00. The van der Waals surface area contributed by atoms with Crippen LogP contribution in [0.1, 0.15) is 6.42 Å². The molecule has 0 aromatic carbocycles. The summed E-state index contributed by atoms with van der Waals surface area (Å²) in [6.07, 6.45) is 14.6. The number of rotatable bonds is 0. The predicted molar refractivity (Wildman–Crippen MR) is 94.9 cm³/mol. The smallest absolute Gasteiger partial charge is 0.108 e. The number of aromatic nitrogens is 1. The molecule has 0 unspecified atom stereocenters. The minimum absolute atomic E-state index is 0. The van der Waals surface area contributed by atoms with Crippen molar-refractivity contribution < 1.29 is 24.2 Å². The van der Waals surface area contributed by atoms with Gasteiger partial charge in [0.25, 0.3) is 0 Å². The van der Waals surface area contributed by atoms with E-state index in [1.807, 2.05) is 30.5 Å². The van der Waals surface area contributed by atoms with Crippen LogP contribution in [0.3, 0.4) is 0 Å². The molecule has 1 aromatic heterocycles. The second-order valence-corrected chi connectivity index (χ2v) is 1.82. The zero-order chi connectivity index (χ0) is 9.07. The van der Waals surface area contributed by atoms with E-state index in [1.54, 1.807) is 0 Å². The number of H-pyrrole nitrogens is 1. The summed E-state index contributed by atoms with van der Waals surface area (Å²) in [5.41, 5.74) is 0. The van der Waals surface area contributed by atoms with Gasteiger partial charge in [0.15, 0.2) is 0 Å². The number of allylic oxidation sites excluding steroid dienone is 4. The van der Waals surface area contributed by atoms with Crippen LogP contribution in [0, 0.1) is 49.4 Å². The van der Waals surface area contributed by atoms with E-state index in [2.05, 4.69) is 27.5 Å². The summed E-state index contributed by atoms with van der Waals surface area (Å²) in [6.45, 7) is 0. The van der Waals surface area contributed by atoms with Crippen LogP contribution < -0.4 is 0 Å². The Bertz CT molecular complexity index is 195. The molecular weight excluding hydrogens is 356 g/mol. The van der Waals surface area contributed by atoms with Crippen LogP contribution in [0.2, 0.25) is 0 Å². The molecule has 0 spiro atoms. The Morgan fingerprint density at radius 1 is 1.00 bits per heavy atom. The van der Waals surface area contributed by atoms with E-state index in [0.29, 0.717) is 0 Å². The van der Waals surface area contributed by atoms with Gasteiger partial charge in [0.1, 0.15) is 0 Å². The summed E-state index contributed by atoms with van der Waals surface area (Å²) >= 11 is 1.30. The molecule has 1 aliphatic rings. The summed E-state index contributed by atoms with van der Waals surface area (Å²) in [5.74, 6) is 0. The molecule has 19 heavy (non-hydrogen) atoms. The summed E-state index contributed by atoms with van der Waals surface area (Å²) in [6, 6.07) is 3.71. The molecule has 0 radical (unpaired) electrons. The van der Waals surface area contributed by atoms with Gasteiger partial charge in [-0.05, 0) is 0 Å². The Balaban J connectivity index is -0.0000000142. The predicted octanol–water partition coefficient (Wildman–Crippen LogP) is 5.18. The molecule has 1 aromatic rings. The standard InChI is InChI=1S/C5H5.C4H4N.5CH3.CH2.2ClH.Zr/c2*1-2-4-5-3-1;;;;;;;;;/h1-3H,4H2;1-3,5H;5*1H3;1H2;2*1H;/q7*-1;;;;. The molecule has 0 atom stereocenters. The van der Waals surface area contributed by atoms with Crippen molar-refractivity contribution in [3.63, 3.8) is 0 Å². The SMILES string of the molecule is Cl.Cl.[C-]1=CC=CC1.[CH2]=[Zr].[CH3-].[CH3-].[CH3-].[CH3-].[CH3-].[c-]1ccc[nH]1. The molecule has 0 bridgehead atoms. The number of hydrogen-bond acceptors (Lipinski definition) is 0. The van der Waals surface area contributed by atoms with E-state index >= 15 is 0 Å². The van der Waals surface area contributed by atoms with Crippen LogP contribution in [-0.4, -0.2) is 9.20 Å². The van der Waals surface area contributed by atoms with E-state index in [9.17, 15) is 0 Å². The van der Waals surface area contributed by atoms with Crippen LogP contribution in [0.5, 0.6) is 0 Å². The average Bonchev–Trinajstić information content (AvgIpc) is 2.87. The molecule has 1 heterocycles. The molecule has 1 nitrogen and oxygen atoms in total. The van der Waals surface area contributed by atoms with Gasteiger partial charge in [-0.3, -0.25) is 6.08 Å². The van der Waals surface area contributed by atoms with Gasteiger partial charge in [0.05, 0.1) is 0 Å². The Labute approximate surface area is 150 Å². The Hall–Kier alpha value is 0.0931. The second kappa shape index (κ2) is 51.9. The zero-order valence-electron chi connectivity index (χ0n) is 12.7. The van der Waals surface area contributed by atoms with Crippen LogP contribution in [-0.2, 0) is 24.2 Å². The first-order valence-electron chi connectivity index (χ1n) is 3.56. The number of aromatic amines is 1. The van der Waals surface area contributed by atoms with Gasteiger partial charge in [0.2, 0.25) is 0 Å². The second-order valence-electron chi connectivity index (χ2n) is 1.82. The maximum atomic E-state index is 3.34. The van der Waals surface area contributed by atoms with E-state index in [-0.39, 0.29) is 61.9 Å². The number of hydrogen-bond donors (Lipinski definition) is 1. The fourth-order valence-corrected chi connectivity index (χ4v) is 0.581. The van der Waals surface area contributed by atoms with E-state index in [0.717, 1.165) is 6.42 Å². The molecule has 2 rings (SSSR count). The quantitative estimate of drug-likeness (QED) is 0.593. The van der Waals surface area contributed by atoms with Crippen molar-refractivity contribution in [1.82, 2.24) is 4.98 Å². The molecule has 4 heteroatoms. The van der Waals surface area contributed by atoms with Gasteiger partial charge in [0, 0.05) is 0 Å². The Morgan fingerprint density at radius 2 is 1.53 bits per heavy atom. The van der Waals surface area contributed by atoms with Crippen molar-refractivity contribution in [2.75, 3.05) is 0 Å². The van der Waals surface area contributed by atoms with Crippen molar-refractivity contribution in [3.05, 3.63) is 86.0 Å². The van der Waals surface area contributed by atoms with Crippen LogP contribution >= 0.6 is 24.8 Å². The van der Waals surface area contributed by atoms with E-state index in [1.165, 1.54) is 24.2 Å². The largest absolute Gasteiger partial charge is 0.484 e. The summed E-state index contributed by atoms with van der Waals surface area (Å²) in [4.78, 5) is 2.74. The Morgan fingerprint density at radius 3 is 1.63 bits per heavy atom. The molecule has 1 N–H and O–H groups in total. The number of halogens is 2. The molecular formula is C15H28Cl2NZr-7. The molecule has 0 saturated carbocycles. The maximum absolute atomic E-state index is 3.34. The van der Waals surface area contributed by atoms with Crippen LogP contribution in [0.25, 0.3) is 0 Å². The summed E-state index contributed by atoms with van der Waals surface area (Å²) in [7, 11) is 0. The van der Waals surface area contributed by atoms with Crippen LogP contribution in [0.15, 0.2) is 36.6 Å². The number of nitrogens with one attached hydrogen (secondary N) is 1. The molecule has 0 amide bonds. The fraction of sp³-hybridized carbons (Fsp3) is 0.0667. The molecule has 0 saturated heterocycles. The van der Waals surface area contributed by atoms with Gasteiger partial charge >= 0.3 is 28.4 Å². The van der Waals surface area contributed by atoms with Gasteiger partial charge in [-0.2, -0.15) is 24.4 Å². The summed E-state index contributed by atoms with van der Waals surface area (Å²) in [5, 5.41) is 0. The maximum Gasteiger partial charge on any atom is -0.108 e. The van der Waals surface area contributed by atoms with Crippen molar-refractivity contribution in [1.29, 1.82) is 0 Å². The van der Waals surface area contributed by atoms with Crippen molar-refractivity contribution >= 4 is 29.0 Å². The van der Waals surface area contributed by atoms with Gasteiger partial charge in [-0.25, -0.2) is 12.2 Å². The van der Waals surface area contributed by atoms with E-state index in [4.69, 9.17) is 0 Å². The van der Waals surface area contributed by atoms with Crippen molar-refractivity contribution in [2.45, 2.75) is 6.42 Å². The van der Waals surface area contributed by atoms with Crippen molar-refractivity contribution in [3.8, 4) is 0 Å². The molecule has 0 fully saturated rings. The van der Waals surface area contributed by atoms with Crippen LogP contribution in [0.4, 0.5) is 0 Å². The normalized spacial score (nSPS) is 6.89. The average molecular weight is 385 g/mol. The minimum atomic E-state index is 0. The third-order valence-corrected chi connectivity index (χ3v) is 1.03. The third-order valence-electron chi connectivity index (χ3n) is 1.03. The summed E-state index contributed by atoms with van der Waals surface area (Å²) < 4.78 is 3.34. The third kappa shape index (κ3) is 46.0. The Kier molecular flexibility index (Phi) is 139. The molecule has 118 valence electrons. The van der Waals surface area contributed by atoms with Gasteiger partial charge in [-0.15, -0.1) is 37.4 Å². The van der Waals surface area contributed by atoms with Gasteiger partial charge < -0.3 is 42.1 Å². The molecule has 1 aliphatic carbocycles. The first kappa shape index (κ1) is 50.8. The fourth-order valence-electron chi connectivity index (χ4n) is 0.581. The van der Waals surface area contributed by atoms with E-state index < -0.39 is 0 Å². The van der Waals surface area contributed by atoms with Crippen molar-refractivity contribution in [2.24, 2.45) is 0 Å². The zero-order valence-corrected chi connectivity index (χ0v) is 16.8. The monoisotopic (exact) mass is 382 g/mol. The molecule has 0 aliphatic heterocycles. The topological polar surface area (TPSA) is 15.8 Å². The first-order valence-corrected chi connectivity index (χ1v) is 5.30. The minimum Gasteiger partial charge on any atom is -0.484 e. The van der Waals surface area contributed by atoms with Gasteiger partial charge in [-0.1, -0.05) is 0 Å².